The number of aromatic nitrogens is 1. The molecule has 2 heterocycles. The third kappa shape index (κ3) is 4.70. The molecule has 1 aromatic heterocycles. The Hall–Kier alpha value is -2.35. The molecule has 0 aliphatic carbocycles. The summed E-state index contributed by atoms with van der Waals surface area (Å²) in [6.45, 7) is 3.54. The van der Waals surface area contributed by atoms with Crippen molar-refractivity contribution in [1.29, 1.82) is 0 Å². The van der Waals surface area contributed by atoms with Crippen LogP contribution in [0.2, 0.25) is 5.02 Å². The number of nitrogens with one attached hydrogen (secondary N) is 1. The summed E-state index contributed by atoms with van der Waals surface area (Å²) in [6.07, 6.45) is 5.36. The second kappa shape index (κ2) is 9.65. The molecule has 0 radical (unpaired) electrons. The van der Waals surface area contributed by atoms with Crippen LogP contribution in [0.4, 0.5) is 0 Å². The normalized spacial score (nSPS) is 16.2. The molecule has 2 aromatic carbocycles. The van der Waals surface area contributed by atoms with Crippen molar-refractivity contribution in [1.82, 2.24) is 14.2 Å². The number of carbonyl (C=O) groups is 1. The molecule has 1 N–H and O–H groups in total. The van der Waals surface area contributed by atoms with Crippen LogP contribution in [0.15, 0.2) is 59.6 Å². The first-order valence-corrected chi connectivity index (χ1v) is 12.8. The van der Waals surface area contributed by atoms with Gasteiger partial charge in [-0.05, 0) is 61.2 Å². The Morgan fingerprint density at radius 1 is 1.06 bits per heavy atom. The number of hydrogen-bond acceptors (Lipinski definition) is 3. The van der Waals surface area contributed by atoms with Crippen LogP contribution in [-0.4, -0.2) is 36.3 Å². The highest BCUT2D eigenvalue weighted by molar-refractivity contribution is 7.89. The molecular formula is C24H28ClN3O3S. The molecule has 0 bridgehead atoms. The Labute approximate surface area is 194 Å². The molecule has 4 rings (SSSR count). The van der Waals surface area contributed by atoms with E-state index in [0.29, 0.717) is 36.0 Å². The summed E-state index contributed by atoms with van der Waals surface area (Å²) in [5.41, 5.74) is 1.82. The van der Waals surface area contributed by atoms with Crippen molar-refractivity contribution in [2.75, 3.05) is 13.1 Å². The lowest BCUT2D eigenvalue weighted by molar-refractivity contribution is -0.124. The molecule has 0 spiro atoms. The number of halogens is 1. The molecule has 6 nitrogen and oxygen atoms in total. The highest BCUT2D eigenvalue weighted by Gasteiger charge is 2.27. The van der Waals surface area contributed by atoms with Gasteiger partial charge < -0.3 is 9.88 Å². The molecule has 0 unspecified atom stereocenters. The summed E-state index contributed by atoms with van der Waals surface area (Å²) in [5, 5.41) is 4.47. The largest absolute Gasteiger partial charge is 0.350 e. The second-order valence-corrected chi connectivity index (χ2v) is 10.6. The van der Waals surface area contributed by atoms with Crippen molar-refractivity contribution in [3.05, 3.63) is 65.3 Å². The summed E-state index contributed by atoms with van der Waals surface area (Å²) >= 11 is 5.92. The van der Waals surface area contributed by atoms with Gasteiger partial charge in [-0.1, -0.05) is 37.1 Å². The summed E-state index contributed by atoms with van der Waals surface area (Å²) in [7, 11) is -3.49. The first-order valence-electron chi connectivity index (χ1n) is 11.0. The fraction of sp³-hybridized carbons (Fsp3) is 0.375. The van der Waals surface area contributed by atoms with Gasteiger partial charge >= 0.3 is 0 Å². The van der Waals surface area contributed by atoms with Gasteiger partial charge in [0.15, 0.2) is 0 Å². The van der Waals surface area contributed by atoms with Crippen LogP contribution in [0.3, 0.4) is 0 Å². The zero-order chi connectivity index (χ0) is 22.7. The molecule has 1 atom stereocenters. The average Bonchev–Trinajstić information content (AvgIpc) is 3.23. The number of benzene rings is 2. The van der Waals surface area contributed by atoms with Gasteiger partial charge in [-0.2, -0.15) is 4.31 Å². The Bertz CT molecular complexity index is 1200. The second-order valence-electron chi connectivity index (χ2n) is 8.18. The first kappa shape index (κ1) is 22.8. The van der Waals surface area contributed by atoms with E-state index in [1.807, 2.05) is 35.9 Å². The highest BCUT2D eigenvalue weighted by atomic mass is 35.5. The Kier molecular flexibility index (Phi) is 6.88. The standard InChI is InChI=1S/C24H28ClN3O3S/c1-2-22(24(29)26-17-18-6-8-20(25)9-7-18)28-15-12-19-16-21(10-11-23(19)28)32(30,31)27-13-4-3-5-14-27/h6-12,15-16,22H,2-5,13-14,17H2,1H3,(H,26,29)/t22-/m1/s1. The van der Waals surface area contributed by atoms with Gasteiger partial charge in [-0.15, -0.1) is 0 Å². The van der Waals surface area contributed by atoms with E-state index in [1.54, 1.807) is 34.6 Å². The SMILES string of the molecule is CC[C@H](C(=O)NCc1ccc(Cl)cc1)n1ccc2cc(S(=O)(=O)N3CCCCC3)ccc21. The third-order valence-corrected chi connectivity index (χ3v) is 8.20. The molecule has 32 heavy (non-hydrogen) atoms. The average molecular weight is 474 g/mol. The van der Waals surface area contributed by atoms with Crippen molar-refractivity contribution in [3.8, 4) is 0 Å². The van der Waals surface area contributed by atoms with Crippen molar-refractivity contribution in [3.63, 3.8) is 0 Å². The minimum absolute atomic E-state index is 0.0787. The molecule has 1 aliphatic heterocycles. The quantitative estimate of drug-likeness (QED) is 0.538. The summed E-state index contributed by atoms with van der Waals surface area (Å²) < 4.78 is 29.5. The number of amides is 1. The molecule has 1 fully saturated rings. The molecule has 3 aromatic rings. The van der Waals surface area contributed by atoms with E-state index in [1.165, 1.54) is 0 Å². The Balaban J connectivity index is 1.54. The number of carbonyl (C=O) groups excluding carboxylic acids is 1. The molecular weight excluding hydrogens is 446 g/mol. The van der Waals surface area contributed by atoms with Crippen LogP contribution in [0.25, 0.3) is 10.9 Å². The summed E-state index contributed by atoms with van der Waals surface area (Å²) in [6, 6.07) is 14.0. The zero-order valence-corrected chi connectivity index (χ0v) is 19.7. The summed E-state index contributed by atoms with van der Waals surface area (Å²) in [4.78, 5) is 13.2. The van der Waals surface area contributed by atoms with Crippen LogP contribution in [0, 0.1) is 0 Å². The van der Waals surface area contributed by atoms with E-state index in [9.17, 15) is 13.2 Å². The van der Waals surface area contributed by atoms with Crippen molar-refractivity contribution in [2.45, 2.75) is 50.1 Å². The van der Waals surface area contributed by atoms with Gasteiger partial charge in [0.2, 0.25) is 15.9 Å². The number of rotatable bonds is 7. The van der Waals surface area contributed by atoms with Gasteiger partial charge in [0, 0.05) is 41.8 Å². The van der Waals surface area contributed by atoms with E-state index < -0.39 is 10.0 Å². The third-order valence-electron chi connectivity index (χ3n) is 6.05. The Morgan fingerprint density at radius 2 is 1.78 bits per heavy atom. The molecule has 8 heteroatoms. The van der Waals surface area contributed by atoms with E-state index >= 15 is 0 Å². The number of nitrogens with zero attached hydrogens (tertiary/aromatic N) is 2. The molecule has 1 amide bonds. The lowest BCUT2D eigenvalue weighted by Gasteiger charge is -2.26. The predicted molar refractivity (Wildman–Crippen MR) is 127 cm³/mol. The molecule has 170 valence electrons. The van der Waals surface area contributed by atoms with Crippen LogP contribution < -0.4 is 5.32 Å². The van der Waals surface area contributed by atoms with Crippen molar-refractivity contribution < 1.29 is 13.2 Å². The number of hydrogen-bond donors (Lipinski definition) is 1. The first-order chi connectivity index (χ1) is 15.4. The molecule has 1 aliphatic rings. The maximum atomic E-state index is 13.0. The zero-order valence-electron chi connectivity index (χ0n) is 18.1. The van der Waals surface area contributed by atoms with Gasteiger partial charge in [-0.3, -0.25) is 4.79 Å². The van der Waals surface area contributed by atoms with Gasteiger partial charge in [-0.25, -0.2) is 8.42 Å². The van der Waals surface area contributed by atoms with E-state index in [4.69, 9.17) is 11.6 Å². The molecule has 0 saturated carbocycles. The fourth-order valence-corrected chi connectivity index (χ4v) is 5.93. The lowest BCUT2D eigenvalue weighted by Crippen LogP contribution is -2.35. The van der Waals surface area contributed by atoms with Crippen LogP contribution in [-0.2, 0) is 21.4 Å². The predicted octanol–water partition coefficient (Wildman–Crippen LogP) is 4.74. The fourth-order valence-electron chi connectivity index (χ4n) is 4.25. The monoisotopic (exact) mass is 473 g/mol. The number of fused-ring (bicyclic) bond motifs is 1. The lowest BCUT2D eigenvalue weighted by atomic mass is 10.1. The van der Waals surface area contributed by atoms with E-state index in [-0.39, 0.29) is 11.9 Å². The van der Waals surface area contributed by atoms with Crippen molar-refractivity contribution >= 4 is 38.4 Å². The topological polar surface area (TPSA) is 71.4 Å². The van der Waals surface area contributed by atoms with Crippen molar-refractivity contribution in [2.24, 2.45) is 0 Å². The minimum Gasteiger partial charge on any atom is -0.350 e. The maximum absolute atomic E-state index is 13.0. The number of sulfonamides is 1. The number of piperidine rings is 1. The van der Waals surface area contributed by atoms with Crippen LogP contribution >= 0.6 is 11.6 Å². The smallest absolute Gasteiger partial charge is 0.243 e. The van der Waals surface area contributed by atoms with Gasteiger partial charge in [0.05, 0.1) is 4.90 Å². The summed E-state index contributed by atoms with van der Waals surface area (Å²) in [5.74, 6) is -0.0787. The highest BCUT2D eigenvalue weighted by Crippen LogP contribution is 2.27. The van der Waals surface area contributed by atoms with Crippen LogP contribution in [0.1, 0.15) is 44.2 Å². The minimum atomic E-state index is -3.49. The van der Waals surface area contributed by atoms with E-state index in [2.05, 4.69) is 5.32 Å². The maximum Gasteiger partial charge on any atom is 0.243 e. The molecule has 1 saturated heterocycles. The Morgan fingerprint density at radius 3 is 2.47 bits per heavy atom. The van der Waals surface area contributed by atoms with Gasteiger partial charge in [0.25, 0.3) is 0 Å². The van der Waals surface area contributed by atoms with Crippen LogP contribution in [0.5, 0.6) is 0 Å². The van der Waals surface area contributed by atoms with Gasteiger partial charge in [0.1, 0.15) is 6.04 Å². The van der Waals surface area contributed by atoms with E-state index in [0.717, 1.165) is 35.7 Å².